The minimum absolute atomic E-state index is 0.160. The van der Waals surface area contributed by atoms with E-state index in [0.29, 0.717) is 0 Å². The molecule has 0 unspecified atom stereocenters. The lowest BCUT2D eigenvalue weighted by molar-refractivity contribution is 0.452. The van der Waals surface area contributed by atoms with E-state index in [4.69, 9.17) is 4.18 Å². The lowest BCUT2D eigenvalue weighted by Crippen LogP contribution is -2.32. The second kappa shape index (κ2) is 4.74. The molecule has 0 bridgehead atoms. The van der Waals surface area contributed by atoms with E-state index in [1.807, 2.05) is 0 Å². The number of halogens is 3. The highest BCUT2D eigenvalue weighted by molar-refractivity contribution is 7.85. The van der Waals surface area contributed by atoms with E-state index in [0.717, 1.165) is 18.2 Å². The molecular weight excluding hydrogens is 307 g/mol. The van der Waals surface area contributed by atoms with Crippen LogP contribution in [0.3, 0.4) is 0 Å². The number of hydrogen-bond acceptors (Lipinski definition) is 3. The Labute approximate surface area is 118 Å². The molecule has 0 fully saturated rings. The van der Waals surface area contributed by atoms with Crippen LogP contribution in [0.25, 0.3) is 11.1 Å². The fourth-order valence-corrected chi connectivity index (χ4v) is 2.90. The molecule has 0 aliphatic carbocycles. The molecule has 3 rings (SSSR count). The van der Waals surface area contributed by atoms with Gasteiger partial charge in [-0.05, 0) is 18.2 Å². The number of fused-ring (bicyclic) bond motifs is 1. The van der Waals surface area contributed by atoms with E-state index >= 15 is 0 Å². The van der Waals surface area contributed by atoms with Crippen molar-refractivity contribution >= 4 is 10.3 Å². The molecule has 1 aliphatic heterocycles. The first-order chi connectivity index (χ1) is 9.87. The smallest absolute Gasteiger partial charge is 0.370 e. The third kappa shape index (κ3) is 2.47. The quantitative estimate of drug-likeness (QED) is 0.880. The molecule has 0 aromatic heterocycles. The summed E-state index contributed by atoms with van der Waals surface area (Å²) in [4.78, 5) is 0. The standard InChI is InChI=1S/C13H8F3NO3S/c14-8-4-7-6-17-21(18,19)20-13(7)10(5-8)9-2-1-3-11(15)12(9)16/h1-5,17H,6H2. The van der Waals surface area contributed by atoms with Crippen LogP contribution in [0.4, 0.5) is 13.2 Å². The molecule has 21 heavy (non-hydrogen) atoms. The second-order valence-electron chi connectivity index (χ2n) is 4.40. The topological polar surface area (TPSA) is 55.4 Å². The lowest BCUT2D eigenvalue weighted by atomic mass is 10.0. The Bertz CT molecular complexity index is 837. The Hall–Kier alpha value is -2.06. The first-order valence-corrected chi connectivity index (χ1v) is 7.24. The third-order valence-electron chi connectivity index (χ3n) is 3.00. The Morgan fingerprint density at radius 1 is 1.10 bits per heavy atom. The van der Waals surface area contributed by atoms with Crippen molar-refractivity contribution in [3.05, 3.63) is 53.3 Å². The van der Waals surface area contributed by atoms with Crippen molar-refractivity contribution in [3.63, 3.8) is 0 Å². The zero-order valence-corrected chi connectivity index (χ0v) is 11.2. The molecule has 1 heterocycles. The minimum Gasteiger partial charge on any atom is -0.370 e. The van der Waals surface area contributed by atoms with Crippen LogP contribution in [0.1, 0.15) is 5.56 Å². The predicted molar refractivity (Wildman–Crippen MR) is 68.1 cm³/mol. The van der Waals surface area contributed by atoms with Gasteiger partial charge in [0.15, 0.2) is 17.4 Å². The van der Waals surface area contributed by atoms with Gasteiger partial charge in [0.2, 0.25) is 0 Å². The van der Waals surface area contributed by atoms with E-state index in [1.165, 1.54) is 12.1 Å². The van der Waals surface area contributed by atoms with Crippen LogP contribution in [0.5, 0.6) is 5.75 Å². The first-order valence-electron chi connectivity index (χ1n) is 5.83. The molecule has 2 aromatic carbocycles. The van der Waals surface area contributed by atoms with Crippen molar-refractivity contribution in [2.45, 2.75) is 6.54 Å². The van der Waals surface area contributed by atoms with Crippen LogP contribution >= 0.6 is 0 Å². The van der Waals surface area contributed by atoms with Gasteiger partial charge in [-0.1, -0.05) is 12.1 Å². The predicted octanol–water partition coefficient (Wildman–Crippen LogP) is 2.50. The molecule has 2 aromatic rings. The second-order valence-corrected chi connectivity index (χ2v) is 5.77. The molecule has 8 heteroatoms. The van der Waals surface area contributed by atoms with Gasteiger partial charge in [-0.3, -0.25) is 0 Å². The number of rotatable bonds is 1. The van der Waals surface area contributed by atoms with Crippen molar-refractivity contribution < 1.29 is 25.8 Å². The van der Waals surface area contributed by atoms with Gasteiger partial charge in [0.25, 0.3) is 0 Å². The Balaban J connectivity index is 2.28. The van der Waals surface area contributed by atoms with Crippen molar-refractivity contribution in [1.29, 1.82) is 0 Å². The molecule has 0 saturated carbocycles. The highest BCUT2D eigenvalue weighted by Gasteiger charge is 2.27. The summed E-state index contributed by atoms with van der Waals surface area (Å²) in [7, 11) is -4.05. The highest BCUT2D eigenvalue weighted by Crippen LogP contribution is 2.38. The lowest BCUT2D eigenvalue weighted by Gasteiger charge is -2.21. The van der Waals surface area contributed by atoms with Crippen molar-refractivity contribution in [2.75, 3.05) is 0 Å². The van der Waals surface area contributed by atoms with Gasteiger partial charge < -0.3 is 4.18 Å². The van der Waals surface area contributed by atoms with Gasteiger partial charge in [-0.15, -0.1) is 0 Å². The number of hydrogen-bond donors (Lipinski definition) is 1. The summed E-state index contributed by atoms with van der Waals surface area (Å²) in [6.45, 7) is -0.195. The minimum atomic E-state index is -4.05. The van der Waals surface area contributed by atoms with Crippen LogP contribution < -0.4 is 8.91 Å². The maximum Gasteiger partial charge on any atom is 0.382 e. The molecule has 1 N–H and O–H groups in total. The molecule has 0 spiro atoms. The van der Waals surface area contributed by atoms with E-state index in [2.05, 4.69) is 4.72 Å². The first kappa shape index (κ1) is 13.9. The Morgan fingerprint density at radius 3 is 2.62 bits per heavy atom. The molecular formula is C13H8F3NO3S. The zero-order chi connectivity index (χ0) is 15.2. The third-order valence-corrected chi connectivity index (χ3v) is 3.89. The van der Waals surface area contributed by atoms with Crippen LogP contribution in [0.2, 0.25) is 0 Å². The van der Waals surface area contributed by atoms with Crippen LogP contribution in [0, 0.1) is 17.5 Å². The summed E-state index contributed by atoms with van der Waals surface area (Å²) in [6.07, 6.45) is 0. The van der Waals surface area contributed by atoms with Gasteiger partial charge >= 0.3 is 10.3 Å². The van der Waals surface area contributed by atoms with Gasteiger partial charge in [0.05, 0.1) is 0 Å². The van der Waals surface area contributed by atoms with Crippen molar-refractivity contribution in [3.8, 4) is 16.9 Å². The summed E-state index contributed by atoms with van der Waals surface area (Å²) in [5, 5.41) is 0. The van der Waals surface area contributed by atoms with Crippen molar-refractivity contribution in [2.24, 2.45) is 0 Å². The largest absolute Gasteiger partial charge is 0.382 e. The summed E-state index contributed by atoms with van der Waals surface area (Å²) < 4.78 is 70.5. The van der Waals surface area contributed by atoms with E-state index in [1.54, 1.807) is 0 Å². The Morgan fingerprint density at radius 2 is 1.86 bits per heavy atom. The van der Waals surface area contributed by atoms with Crippen LogP contribution in [0.15, 0.2) is 30.3 Å². The summed E-state index contributed by atoms with van der Waals surface area (Å²) in [5.74, 6) is -3.25. The highest BCUT2D eigenvalue weighted by atomic mass is 32.2. The van der Waals surface area contributed by atoms with Gasteiger partial charge in [0.1, 0.15) is 5.82 Å². The summed E-state index contributed by atoms with van der Waals surface area (Å²) in [6, 6.07) is 5.32. The summed E-state index contributed by atoms with van der Waals surface area (Å²) >= 11 is 0. The fraction of sp³-hybridized carbons (Fsp3) is 0.0769. The van der Waals surface area contributed by atoms with E-state index in [9.17, 15) is 21.6 Å². The number of nitrogens with one attached hydrogen (secondary N) is 1. The van der Waals surface area contributed by atoms with E-state index < -0.39 is 27.8 Å². The molecule has 0 atom stereocenters. The maximum absolute atomic E-state index is 13.9. The molecule has 1 aliphatic rings. The molecule has 0 saturated heterocycles. The van der Waals surface area contributed by atoms with Crippen molar-refractivity contribution in [1.82, 2.24) is 4.72 Å². The maximum atomic E-state index is 13.9. The monoisotopic (exact) mass is 315 g/mol. The average molecular weight is 315 g/mol. The molecule has 0 radical (unpaired) electrons. The zero-order valence-electron chi connectivity index (χ0n) is 10.4. The van der Waals surface area contributed by atoms with Crippen LogP contribution in [-0.2, 0) is 16.8 Å². The van der Waals surface area contributed by atoms with Gasteiger partial charge in [-0.2, -0.15) is 13.1 Å². The normalized spacial score (nSPS) is 16.1. The SMILES string of the molecule is O=S1(=O)NCc2cc(F)cc(-c3cccc(F)c3F)c2O1. The Kier molecular flexibility index (Phi) is 3.14. The molecule has 110 valence electrons. The van der Waals surface area contributed by atoms with Gasteiger partial charge in [-0.25, -0.2) is 13.2 Å². The molecule has 0 amide bonds. The fourth-order valence-electron chi connectivity index (χ4n) is 2.10. The van der Waals surface area contributed by atoms with Crippen LogP contribution in [-0.4, -0.2) is 8.42 Å². The number of benzene rings is 2. The summed E-state index contributed by atoms with van der Waals surface area (Å²) in [5.41, 5.74) is -0.238. The molecule has 4 nitrogen and oxygen atoms in total. The van der Waals surface area contributed by atoms with Gasteiger partial charge in [0, 0.05) is 23.2 Å². The average Bonchev–Trinajstić information content (AvgIpc) is 2.41. The van der Waals surface area contributed by atoms with E-state index in [-0.39, 0.29) is 29.0 Å².